The fourth-order valence-corrected chi connectivity index (χ4v) is 6.48. The van der Waals surface area contributed by atoms with Crippen LogP contribution in [0.1, 0.15) is 54.9 Å². The van der Waals surface area contributed by atoms with E-state index >= 15 is 0 Å². The van der Waals surface area contributed by atoms with Gasteiger partial charge in [-0.1, -0.05) is 56.3 Å². The summed E-state index contributed by atoms with van der Waals surface area (Å²) in [6.07, 6.45) is 0.249. The number of nitrogens with zero attached hydrogens (tertiary/aromatic N) is 2. The minimum Gasteiger partial charge on any atom is -0.496 e. The Labute approximate surface area is 266 Å². The number of benzene rings is 3. The summed E-state index contributed by atoms with van der Waals surface area (Å²) in [5.41, 5.74) is 5.60. The SMILES string of the molecule is COc1ccccc1COCCCOc1ccc(C2CCN(C(=O)O)CC2OCc2ccc3c(c2)N(CCO)CC3(C)C)cc1. The minimum atomic E-state index is -0.919. The number of β-amino-alcohol motifs (C(OH)–C–C–N with tert-alkyl or cyclic N) is 1. The summed E-state index contributed by atoms with van der Waals surface area (Å²) in [6, 6.07) is 22.3. The van der Waals surface area contributed by atoms with E-state index in [9.17, 15) is 15.0 Å². The van der Waals surface area contributed by atoms with Crippen LogP contribution in [0.25, 0.3) is 0 Å². The maximum atomic E-state index is 11.8. The number of hydrogen-bond donors (Lipinski definition) is 2. The van der Waals surface area contributed by atoms with Gasteiger partial charge in [0, 0.05) is 48.6 Å². The Hall–Kier alpha value is -3.79. The molecule has 45 heavy (non-hydrogen) atoms. The van der Waals surface area contributed by atoms with Crippen LogP contribution >= 0.6 is 0 Å². The minimum absolute atomic E-state index is 0.0149. The molecule has 9 nitrogen and oxygen atoms in total. The Kier molecular flexibility index (Phi) is 10.9. The van der Waals surface area contributed by atoms with Crippen LogP contribution in [0, 0.1) is 0 Å². The van der Waals surface area contributed by atoms with Crippen molar-refractivity contribution in [1.82, 2.24) is 4.90 Å². The van der Waals surface area contributed by atoms with E-state index in [0.717, 1.165) is 46.8 Å². The summed E-state index contributed by atoms with van der Waals surface area (Å²) in [5.74, 6) is 1.68. The van der Waals surface area contributed by atoms with Gasteiger partial charge >= 0.3 is 6.09 Å². The number of likely N-dealkylation sites (tertiary alicyclic amines) is 1. The Morgan fingerprint density at radius 2 is 1.82 bits per heavy atom. The first-order valence-electron chi connectivity index (χ1n) is 15.8. The molecular weight excluding hydrogens is 572 g/mol. The Balaban J connectivity index is 1.15. The molecule has 5 rings (SSSR count). The third-order valence-electron chi connectivity index (χ3n) is 8.84. The number of amides is 1. The molecule has 0 spiro atoms. The number of methoxy groups -OCH3 is 1. The first kappa shape index (κ1) is 32.6. The van der Waals surface area contributed by atoms with Gasteiger partial charge in [-0.25, -0.2) is 4.79 Å². The third kappa shape index (κ3) is 8.09. The van der Waals surface area contributed by atoms with Gasteiger partial charge in [-0.05, 0) is 47.4 Å². The van der Waals surface area contributed by atoms with E-state index < -0.39 is 6.09 Å². The van der Waals surface area contributed by atoms with E-state index in [1.165, 1.54) is 10.5 Å². The van der Waals surface area contributed by atoms with Crippen LogP contribution in [0.5, 0.6) is 11.5 Å². The molecule has 3 aromatic rings. The summed E-state index contributed by atoms with van der Waals surface area (Å²) in [5, 5.41) is 19.3. The number of rotatable bonds is 14. The lowest BCUT2D eigenvalue weighted by Gasteiger charge is -2.37. The molecule has 3 aromatic carbocycles. The number of anilines is 1. The zero-order chi connectivity index (χ0) is 31.8. The Bertz CT molecular complexity index is 1410. The van der Waals surface area contributed by atoms with Crippen LogP contribution < -0.4 is 14.4 Å². The van der Waals surface area contributed by atoms with E-state index in [-0.39, 0.29) is 24.0 Å². The van der Waals surface area contributed by atoms with Gasteiger partial charge in [0.05, 0.1) is 52.8 Å². The molecular formula is C36H46N2O7. The van der Waals surface area contributed by atoms with Crippen LogP contribution in [-0.4, -0.2) is 80.4 Å². The largest absolute Gasteiger partial charge is 0.496 e. The zero-order valence-corrected chi connectivity index (χ0v) is 26.6. The summed E-state index contributed by atoms with van der Waals surface area (Å²) in [4.78, 5) is 15.5. The molecule has 1 amide bonds. The normalized spacial score (nSPS) is 18.9. The lowest BCUT2D eigenvalue weighted by molar-refractivity contribution is -0.0199. The van der Waals surface area contributed by atoms with Crippen molar-refractivity contribution in [2.45, 2.75) is 57.3 Å². The van der Waals surface area contributed by atoms with E-state index in [2.05, 4.69) is 49.1 Å². The predicted octanol–water partition coefficient (Wildman–Crippen LogP) is 5.82. The number of aliphatic hydroxyl groups is 1. The molecule has 1 fully saturated rings. The summed E-state index contributed by atoms with van der Waals surface area (Å²) in [6.45, 7) is 8.81. The summed E-state index contributed by atoms with van der Waals surface area (Å²) in [7, 11) is 1.66. The highest BCUT2D eigenvalue weighted by molar-refractivity contribution is 5.65. The number of carbonyl (C=O) groups is 1. The topological polar surface area (TPSA) is 101 Å². The molecule has 0 aliphatic carbocycles. The van der Waals surface area contributed by atoms with Crippen molar-refractivity contribution in [2.24, 2.45) is 0 Å². The number of fused-ring (bicyclic) bond motifs is 1. The van der Waals surface area contributed by atoms with Crippen LogP contribution in [-0.2, 0) is 28.1 Å². The first-order valence-corrected chi connectivity index (χ1v) is 15.8. The van der Waals surface area contributed by atoms with Gasteiger partial charge in [-0.3, -0.25) is 0 Å². The van der Waals surface area contributed by atoms with Gasteiger partial charge in [0.2, 0.25) is 0 Å². The van der Waals surface area contributed by atoms with Crippen molar-refractivity contribution in [3.63, 3.8) is 0 Å². The third-order valence-corrected chi connectivity index (χ3v) is 8.84. The van der Waals surface area contributed by atoms with Gasteiger partial charge in [0.25, 0.3) is 0 Å². The quantitative estimate of drug-likeness (QED) is 0.218. The summed E-state index contributed by atoms with van der Waals surface area (Å²) < 4.78 is 23.6. The molecule has 2 aliphatic heterocycles. The Morgan fingerprint density at radius 3 is 2.58 bits per heavy atom. The molecule has 2 heterocycles. The van der Waals surface area contributed by atoms with Crippen molar-refractivity contribution in [2.75, 3.05) is 58.0 Å². The maximum Gasteiger partial charge on any atom is 0.407 e. The number of piperidine rings is 1. The molecule has 2 N–H and O–H groups in total. The zero-order valence-electron chi connectivity index (χ0n) is 26.6. The van der Waals surface area contributed by atoms with Crippen LogP contribution in [0.3, 0.4) is 0 Å². The standard InChI is InChI=1S/C36H46N2O7/c1-36(2)25-38(17-18-39)32-21-26(9-14-31(32)36)23-45-34-22-37(35(40)41)16-15-30(34)27-10-12-29(13-11-27)44-20-6-19-43-24-28-7-4-5-8-33(28)42-3/h4-5,7-14,21,30,34,39H,6,15-20,22-25H2,1-3H3,(H,40,41). The molecule has 2 aliphatic rings. The lowest BCUT2D eigenvalue weighted by Crippen LogP contribution is -2.46. The van der Waals surface area contributed by atoms with Gasteiger partial charge in [-0.15, -0.1) is 0 Å². The fraction of sp³-hybridized carbons (Fsp3) is 0.472. The van der Waals surface area contributed by atoms with Gasteiger partial charge in [0.1, 0.15) is 11.5 Å². The first-order chi connectivity index (χ1) is 21.8. The number of para-hydroxylation sites is 1. The average molecular weight is 619 g/mol. The second kappa shape index (κ2) is 15.0. The number of aliphatic hydroxyl groups excluding tert-OH is 1. The van der Waals surface area contributed by atoms with Crippen molar-refractivity contribution in [1.29, 1.82) is 0 Å². The monoisotopic (exact) mass is 618 g/mol. The molecule has 2 atom stereocenters. The molecule has 0 saturated carbocycles. The van der Waals surface area contributed by atoms with Crippen molar-refractivity contribution in [3.05, 3.63) is 89.0 Å². The molecule has 2 unspecified atom stereocenters. The average Bonchev–Trinajstić information content (AvgIpc) is 3.30. The molecule has 0 aromatic heterocycles. The van der Waals surface area contributed by atoms with Crippen LogP contribution in [0.15, 0.2) is 66.7 Å². The second-order valence-electron chi connectivity index (χ2n) is 12.5. The molecule has 9 heteroatoms. The maximum absolute atomic E-state index is 11.8. The Morgan fingerprint density at radius 1 is 1.02 bits per heavy atom. The second-order valence-corrected chi connectivity index (χ2v) is 12.5. The fourth-order valence-electron chi connectivity index (χ4n) is 6.48. The number of ether oxygens (including phenoxy) is 4. The summed E-state index contributed by atoms with van der Waals surface area (Å²) >= 11 is 0. The van der Waals surface area contributed by atoms with E-state index in [0.29, 0.717) is 52.5 Å². The van der Waals surface area contributed by atoms with Crippen LogP contribution in [0.2, 0.25) is 0 Å². The molecule has 242 valence electrons. The molecule has 0 bridgehead atoms. The van der Waals surface area contributed by atoms with Gasteiger partial charge < -0.3 is 39.0 Å². The number of carboxylic acid groups (broad SMARTS) is 1. The lowest BCUT2D eigenvalue weighted by atomic mass is 9.86. The van der Waals surface area contributed by atoms with Gasteiger partial charge in [0.15, 0.2) is 0 Å². The van der Waals surface area contributed by atoms with E-state index in [1.807, 2.05) is 36.4 Å². The van der Waals surface area contributed by atoms with Crippen molar-refractivity contribution < 1.29 is 34.0 Å². The number of hydrogen-bond acceptors (Lipinski definition) is 7. The van der Waals surface area contributed by atoms with Crippen LogP contribution in [0.4, 0.5) is 10.5 Å². The highest BCUT2D eigenvalue weighted by Crippen LogP contribution is 2.41. The van der Waals surface area contributed by atoms with E-state index in [4.69, 9.17) is 18.9 Å². The van der Waals surface area contributed by atoms with Crippen molar-refractivity contribution >= 4 is 11.8 Å². The smallest absolute Gasteiger partial charge is 0.407 e. The highest BCUT2D eigenvalue weighted by Gasteiger charge is 2.36. The molecule has 0 radical (unpaired) electrons. The van der Waals surface area contributed by atoms with E-state index in [1.54, 1.807) is 7.11 Å². The molecule has 1 saturated heterocycles. The van der Waals surface area contributed by atoms with Crippen molar-refractivity contribution in [3.8, 4) is 11.5 Å². The van der Waals surface area contributed by atoms with Gasteiger partial charge in [-0.2, -0.15) is 0 Å². The highest BCUT2D eigenvalue weighted by atomic mass is 16.5. The predicted molar refractivity (Wildman–Crippen MR) is 174 cm³/mol.